The van der Waals surface area contributed by atoms with Gasteiger partial charge < -0.3 is 19.6 Å². The van der Waals surface area contributed by atoms with Gasteiger partial charge in [-0.15, -0.1) is 24.8 Å². The Balaban J connectivity index is 0.00000180. The highest BCUT2D eigenvalue weighted by atomic mass is 35.5. The molecule has 0 saturated heterocycles. The molecule has 2 unspecified atom stereocenters. The van der Waals surface area contributed by atoms with E-state index in [-0.39, 0.29) is 37.1 Å². The molecule has 0 aromatic carbocycles. The number of likely N-dealkylation sites (N-methyl/N-ethyl adjacent to an activating group) is 2. The van der Waals surface area contributed by atoms with E-state index in [0.29, 0.717) is 0 Å². The average Bonchev–Trinajstić information content (AvgIpc) is 2.89. The monoisotopic (exact) mass is 318 g/mol. The third-order valence-electron chi connectivity index (χ3n) is 3.54. The van der Waals surface area contributed by atoms with E-state index >= 15 is 0 Å². The summed E-state index contributed by atoms with van der Waals surface area (Å²) in [6.07, 6.45) is 12.9. The van der Waals surface area contributed by atoms with Gasteiger partial charge in [-0.05, 0) is 12.2 Å². The zero-order valence-electron chi connectivity index (χ0n) is 12.1. The molecule has 20 heavy (non-hydrogen) atoms. The van der Waals surface area contributed by atoms with Gasteiger partial charge in [-0.2, -0.15) is 0 Å². The second kappa shape index (κ2) is 8.12. The molecule has 0 spiro atoms. The first-order valence-corrected chi connectivity index (χ1v) is 6.24. The Hall–Kier alpha value is -1.26. The van der Waals surface area contributed by atoms with Crippen LogP contribution in [0.15, 0.2) is 50.1 Å². The summed E-state index contributed by atoms with van der Waals surface area (Å²) in [4.78, 5) is 8.90. The third-order valence-corrected chi connectivity index (χ3v) is 3.54. The number of hydrogen-bond donors (Lipinski definition) is 0. The number of hydrogen-bond acceptors (Lipinski definition) is 4. The van der Waals surface area contributed by atoms with Crippen LogP contribution in [-0.2, 0) is 0 Å². The van der Waals surface area contributed by atoms with Crippen molar-refractivity contribution in [2.75, 3.05) is 27.2 Å². The van der Waals surface area contributed by atoms with Crippen LogP contribution >= 0.6 is 24.8 Å². The minimum atomic E-state index is 0. The van der Waals surface area contributed by atoms with Gasteiger partial charge in [0.25, 0.3) is 0 Å². The van der Waals surface area contributed by atoms with Crippen LogP contribution in [0.4, 0.5) is 0 Å². The highest BCUT2D eigenvalue weighted by Gasteiger charge is 2.23. The molecule has 2 atom stereocenters. The second-order valence-corrected chi connectivity index (χ2v) is 4.70. The lowest BCUT2D eigenvalue weighted by atomic mass is 10.3. The van der Waals surface area contributed by atoms with Crippen LogP contribution in [-0.4, -0.2) is 59.1 Å². The molecular formula is C14H24Cl2N4. The fourth-order valence-electron chi connectivity index (χ4n) is 2.45. The molecule has 0 aliphatic carbocycles. The summed E-state index contributed by atoms with van der Waals surface area (Å²) in [5.41, 5.74) is 0. The van der Waals surface area contributed by atoms with Crippen molar-refractivity contribution in [2.45, 2.75) is 12.3 Å². The van der Waals surface area contributed by atoms with Crippen molar-refractivity contribution in [1.29, 1.82) is 0 Å². The first kappa shape index (κ1) is 18.7. The number of halogens is 2. The first-order chi connectivity index (χ1) is 8.67. The third kappa shape index (κ3) is 3.64. The average molecular weight is 319 g/mol. The van der Waals surface area contributed by atoms with E-state index in [0.717, 1.165) is 13.1 Å². The molecule has 0 aromatic rings. The maximum absolute atomic E-state index is 3.89. The van der Waals surface area contributed by atoms with Gasteiger partial charge in [0.15, 0.2) is 0 Å². The molecule has 2 heterocycles. The van der Waals surface area contributed by atoms with E-state index in [2.05, 4.69) is 71.7 Å². The van der Waals surface area contributed by atoms with Crippen LogP contribution in [0.25, 0.3) is 0 Å². The number of nitrogens with zero attached hydrogens (tertiary/aromatic N) is 4. The van der Waals surface area contributed by atoms with E-state index in [1.165, 1.54) is 0 Å². The van der Waals surface area contributed by atoms with E-state index in [1.807, 2.05) is 12.2 Å². The number of rotatable bonds is 5. The first-order valence-electron chi connectivity index (χ1n) is 6.24. The van der Waals surface area contributed by atoms with Gasteiger partial charge in [-0.25, -0.2) is 0 Å². The topological polar surface area (TPSA) is 13.0 Å². The molecule has 6 heteroatoms. The van der Waals surface area contributed by atoms with E-state index < -0.39 is 0 Å². The Labute approximate surface area is 134 Å². The predicted octanol–water partition coefficient (Wildman–Crippen LogP) is 2.29. The van der Waals surface area contributed by atoms with Crippen molar-refractivity contribution in [3.05, 3.63) is 50.1 Å². The summed E-state index contributed by atoms with van der Waals surface area (Å²) in [5, 5.41) is 0. The van der Waals surface area contributed by atoms with Crippen LogP contribution < -0.4 is 0 Å². The Kier molecular flexibility index (Phi) is 7.61. The van der Waals surface area contributed by atoms with Crippen molar-refractivity contribution >= 4 is 24.8 Å². The molecule has 0 amide bonds. The summed E-state index contributed by atoms with van der Waals surface area (Å²) in [6.45, 7) is 9.73. The zero-order valence-corrected chi connectivity index (χ0v) is 13.7. The lowest BCUT2D eigenvalue weighted by Crippen LogP contribution is -2.42. The maximum Gasteiger partial charge on any atom is 0.120 e. The SMILES string of the molecule is C=CC1N(C)C=CN1CCN1C=CN(C)C1C=C.Cl.Cl. The van der Waals surface area contributed by atoms with Crippen molar-refractivity contribution in [2.24, 2.45) is 0 Å². The predicted molar refractivity (Wildman–Crippen MR) is 89.7 cm³/mol. The second-order valence-electron chi connectivity index (χ2n) is 4.70. The molecule has 0 aromatic heterocycles. The molecule has 0 saturated carbocycles. The van der Waals surface area contributed by atoms with Crippen molar-refractivity contribution in [3.63, 3.8) is 0 Å². The molecule has 0 N–H and O–H groups in total. The van der Waals surface area contributed by atoms with Gasteiger partial charge in [0.05, 0.1) is 0 Å². The van der Waals surface area contributed by atoms with Crippen LogP contribution in [0, 0.1) is 0 Å². The molecular weight excluding hydrogens is 295 g/mol. The fourth-order valence-corrected chi connectivity index (χ4v) is 2.45. The Morgan fingerprint density at radius 3 is 1.45 bits per heavy atom. The quantitative estimate of drug-likeness (QED) is 0.721. The molecule has 2 aliphatic rings. The van der Waals surface area contributed by atoms with Gasteiger partial charge >= 0.3 is 0 Å². The normalized spacial score (nSPS) is 23.7. The largest absolute Gasteiger partial charge is 0.356 e. The summed E-state index contributed by atoms with van der Waals surface area (Å²) in [5.74, 6) is 0. The van der Waals surface area contributed by atoms with Gasteiger partial charge in [0.1, 0.15) is 12.3 Å². The maximum atomic E-state index is 3.89. The van der Waals surface area contributed by atoms with Crippen molar-refractivity contribution in [3.8, 4) is 0 Å². The summed E-state index contributed by atoms with van der Waals surface area (Å²) in [7, 11) is 4.14. The van der Waals surface area contributed by atoms with Gasteiger partial charge in [0.2, 0.25) is 0 Å². The van der Waals surface area contributed by atoms with Crippen LogP contribution in [0.1, 0.15) is 0 Å². The van der Waals surface area contributed by atoms with Crippen LogP contribution in [0.3, 0.4) is 0 Å². The zero-order chi connectivity index (χ0) is 13.1. The molecule has 0 bridgehead atoms. The van der Waals surface area contributed by atoms with E-state index in [4.69, 9.17) is 0 Å². The standard InChI is InChI=1S/C14H22N4.2ClH/c1-5-13-15(3)7-9-17(13)11-12-18-10-8-16(4)14(18)6-2;;/h5-10,13-14H,1-2,11-12H2,3-4H3;2*1H. The molecule has 2 rings (SSSR count). The minimum Gasteiger partial charge on any atom is -0.356 e. The highest BCUT2D eigenvalue weighted by Crippen LogP contribution is 2.17. The minimum absolute atomic E-state index is 0. The lowest BCUT2D eigenvalue weighted by molar-refractivity contribution is 0.173. The van der Waals surface area contributed by atoms with Gasteiger partial charge in [-0.3, -0.25) is 0 Å². The van der Waals surface area contributed by atoms with Crippen molar-refractivity contribution < 1.29 is 0 Å². The van der Waals surface area contributed by atoms with Crippen LogP contribution in [0.2, 0.25) is 0 Å². The van der Waals surface area contributed by atoms with Crippen molar-refractivity contribution in [1.82, 2.24) is 19.6 Å². The smallest absolute Gasteiger partial charge is 0.120 e. The summed E-state index contributed by atoms with van der Waals surface area (Å²) < 4.78 is 0. The molecule has 0 radical (unpaired) electrons. The Bertz CT molecular complexity index is 347. The Morgan fingerprint density at radius 1 is 0.800 bits per heavy atom. The van der Waals surface area contributed by atoms with Crippen LogP contribution in [0.5, 0.6) is 0 Å². The van der Waals surface area contributed by atoms with E-state index in [1.54, 1.807) is 0 Å². The molecule has 4 nitrogen and oxygen atoms in total. The highest BCUT2D eigenvalue weighted by molar-refractivity contribution is 5.85. The lowest BCUT2D eigenvalue weighted by Gasteiger charge is -2.32. The molecule has 0 fully saturated rings. The summed E-state index contributed by atoms with van der Waals surface area (Å²) >= 11 is 0. The summed E-state index contributed by atoms with van der Waals surface area (Å²) in [6, 6.07) is 0. The molecule has 114 valence electrons. The molecule has 2 aliphatic heterocycles. The van der Waals surface area contributed by atoms with E-state index in [9.17, 15) is 0 Å². The van der Waals surface area contributed by atoms with Gasteiger partial charge in [-0.1, -0.05) is 13.2 Å². The fraction of sp³-hybridized carbons (Fsp3) is 0.429. The Morgan fingerprint density at radius 2 is 1.15 bits per heavy atom. The van der Waals surface area contributed by atoms with Gasteiger partial charge in [0, 0.05) is 52.0 Å².